The van der Waals surface area contributed by atoms with E-state index in [0.29, 0.717) is 18.7 Å². The van der Waals surface area contributed by atoms with Gasteiger partial charge in [0.15, 0.2) is 0 Å². The fourth-order valence-electron chi connectivity index (χ4n) is 3.76. The summed E-state index contributed by atoms with van der Waals surface area (Å²) in [5.74, 6) is 0.0406. The highest BCUT2D eigenvalue weighted by atomic mass is 32.2. The number of likely N-dealkylation sites (N-methyl/N-ethyl adjacent to an activating group) is 1. The number of carbonyl (C=O) groups is 1. The molecule has 0 saturated carbocycles. The van der Waals surface area contributed by atoms with Gasteiger partial charge in [0.1, 0.15) is 11.0 Å². The van der Waals surface area contributed by atoms with Crippen molar-refractivity contribution in [2.45, 2.75) is 44.2 Å². The molecule has 2 aromatic rings. The Kier molecular flexibility index (Phi) is 7.40. The van der Waals surface area contributed by atoms with Crippen LogP contribution >= 0.6 is 0 Å². The summed E-state index contributed by atoms with van der Waals surface area (Å²) in [6, 6.07) is 15.4. The third-order valence-corrected chi connectivity index (χ3v) is 7.16. The molecular weight excluding hydrogens is 392 g/mol. The van der Waals surface area contributed by atoms with E-state index in [1.807, 2.05) is 71.7 Å². The van der Waals surface area contributed by atoms with Gasteiger partial charge in [0.25, 0.3) is 5.91 Å². The molecule has 0 radical (unpaired) electrons. The lowest BCUT2D eigenvalue weighted by Gasteiger charge is -2.30. The second kappa shape index (κ2) is 10.0. The minimum atomic E-state index is -1.30. The summed E-state index contributed by atoms with van der Waals surface area (Å²) >= 11 is 0. The number of carbonyl (C=O) groups excluding carboxylic acids is 1. The standard InChI is InChI=1S/C25H30N2O2S/c1-5-10-20(6-2)19(3)26(4)30(29)24-14-13-21-15-16-27(18-23(21)17-24)25(28)22-11-8-7-9-12-22/h6-14,17,19H,2,5,15-16,18H2,1,3-4H3/b20-10+. The summed E-state index contributed by atoms with van der Waals surface area (Å²) in [4.78, 5) is 15.5. The molecule has 0 N–H and O–H groups in total. The van der Waals surface area contributed by atoms with Crippen LogP contribution in [0.4, 0.5) is 0 Å². The Bertz CT molecular complexity index is 968. The summed E-state index contributed by atoms with van der Waals surface area (Å²) in [6.07, 6.45) is 5.68. The van der Waals surface area contributed by atoms with Crippen molar-refractivity contribution >= 4 is 16.9 Å². The average Bonchev–Trinajstić information content (AvgIpc) is 2.80. The van der Waals surface area contributed by atoms with Gasteiger partial charge in [-0.25, -0.2) is 8.51 Å². The first kappa shape index (κ1) is 22.2. The minimum absolute atomic E-state index is 0.00419. The maximum atomic E-state index is 13.2. The third kappa shape index (κ3) is 4.79. The Morgan fingerprint density at radius 2 is 1.97 bits per heavy atom. The van der Waals surface area contributed by atoms with Crippen molar-refractivity contribution in [2.24, 2.45) is 0 Å². The van der Waals surface area contributed by atoms with Crippen molar-refractivity contribution in [3.8, 4) is 0 Å². The van der Waals surface area contributed by atoms with Crippen molar-refractivity contribution in [1.29, 1.82) is 0 Å². The monoisotopic (exact) mass is 422 g/mol. The topological polar surface area (TPSA) is 40.6 Å². The van der Waals surface area contributed by atoms with Crippen molar-refractivity contribution in [2.75, 3.05) is 13.6 Å². The van der Waals surface area contributed by atoms with Gasteiger partial charge in [-0.05, 0) is 60.7 Å². The quantitative estimate of drug-likeness (QED) is 0.604. The molecule has 2 aromatic carbocycles. The average molecular weight is 423 g/mol. The van der Waals surface area contributed by atoms with Gasteiger partial charge in [-0.1, -0.05) is 49.9 Å². The largest absolute Gasteiger partial charge is 0.334 e. The molecule has 1 aliphatic rings. The molecule has 1 aliphatic heterocycles. The normalized spacial score (nSPS) is 16.1. The van der Waals surface area contributed by atoms with Crippen LogP contribution in [-0.4, -0.2) is 39.0 Å². The smallest absolute Gasteiger partial charge is 0.254 e. The van der Waals surface area contributed by atoms with E-state index in [2.05, 4.69) is 25.6 Å². The van der Waals surface area contributed by atoms with E-state index >= 15 is 0 Å². The van der Waals surface area contributed by atoms with Crippen molar-refractivity contribution < 1.29 is 9.00 Å². The van der Waals surface area contributed by atoms with Gasteiger partial charge in [-0.15, -0.1) is 0 Å². The van der Waals surface area contributed by atoms with Gasteiger partial charge >= 0.3 is 0 Å². The molecule has 4 nitrogen and oxygen atoms in total. The molecule has 1 amide bonds. The highest BCUT2D eigenvalue weighted by Crippen LogP contribution is 2.25. The van der Waals surface area contributed by atoms with E-state index in [9.17, 15) is 9.00 Å². The van der Waals surface area contributed by atoms with E-state index in [4.69, 9.17) is 0 Å². The van der Waals surface area contributed by atoms with E-state index < -0.39 is 11.0 Å². The molecule has 0 bridgehead atoms. The number of benzene rings is 2. The summed E-state index contributed by atoms with van der Waals surface area (Å²) < 4.78 is 15.1. The molecule has 30 heavy (non-hydrogen) atoms. The number of fused-ring (bicyclic) bond motifs is 1. The second-order valence-electron chi connectivity index (χ2n) is 7.56. The molecule has 1 heterocycles. The van der Waals surface area contributed by atoms with Crippen LogP contribution in [0.1, 0.15) is 41.8 Å². The molecule has 2 atom stereocenters. The molecule has 158 valence electrons. The van der Waals surface area contributed by atoms with Crippen LogP contribution in [-0.2, 0) is 24.0 Å². The van der Waals surface area contributed by atoms with E-state index in [-0.39, 0.29) is 11.9 Å². The lowest BCUT2D eigenvalue weighted by atomic mass is 9.99. The van der Waals surface area contributed by atoms with Crippen LogP contribution in [0.25, 0.3) is 0 Å². The van der Waals surface area contributed by atoms with Crippen molar-refractivity contribution in [1.82, 2.24) is 9.21 Å². The van der Waals surface area contributed by atoms with Crippen LogP contribution in [0.5, 0.6) is 0 Å². The maximum absolute atomic E-state index is 13.2. The Morgan fingerprint density at radius 3 is 2.63 bits per heavy atom. The fraction of sp³-hybridized carbons (Fsp3) is 0.320. The van der Waals surface area contributed by atoms with Gasteiger partial charge in [0.2, 0.25) is 0 Å². The molecule has 3 rings (SSSR count). The molecule has 0 aliphatic carbocycles. The van der Waals surface area contributed by atoms with Crippen LogP contribution in [0, 0.1) is 0 Å². The predicted octanol–water partition coefficient (Wildman–Crippen LogP) is 4.75. The summed E-state index contributed by atoms with van der Waals surface area (Å²) in [6.45, 7) is 9.26. The zero-order chi connectivity index (χ0) is 21.7. The number of hydrogen-bond acceptors (Lipinski definition) is 2. The van der Waals surface area contributed by atoms with Gasteiger partial charge in [0, 0.05) is 31.7 Å². The Balaban J connectivity index is 1.79. The molecule has 0 saturated heterocycles. The lowest BCUT2D eigenvalue weighted by molar-refractivity contribution is 0.0734. The first-order valence-corrected chi connectivity index (χ1v) is 11.5. The number of nitrogens with zero attached hydrogens (tertiary/aromatic N) is 2. The highest BCUT2D eigenvalue weighted by molar-refractivity contribution is 7.82. The molecule has 0 fully saturated rings. The number of rotatable bonds is 7. The van der Waals surface area contributed by atoms with Gasteiger partial charge in [0.05, 0.1) is 4.90 Å². The summed E-state index contributed by atoms with van der Waals surface area (Å²) in [5.41, 5.74) is 4.08. The summed E-state index contributed by atoms with van der Waals surface area (Å²) in [5, 5.41) is 0. The zero-order valence-corrected chi connectivity index (χ0v) is 18.8. The van der Waals surface area contributed by atoms with Gasteiger partial charge in [-0.2, -0.15) is 0 Å². The van der Waals surface area contributed by atoms with E-state index in [1.54, 1.807) is 0 Å². The first-order chi connectivity index (χ1) is 14.5. The van der Waals surface area contributed by atoms with Gasteiger partial charge < -0.3 is 4.90 Å². The Labute approximate surface area is 182 Å². The molecule has 0 aromatic heterocycles. The highest BCUT2D eigenvalue weighted by Gasteiger charge is 2.24. The van der Waals surface area contributed by atoms with Crippen LogP contribution in [0.2, 0.25) is 0 Å². The zero-order valence-electron chi connectivity index (χ0n) is 18.0. The van der Waals surface area contributed by atoms with Crippen molar-refractivity contribution in [3.05, 3.63) is 89.5 Å². The minimum Gasteiger partial charge on any atom is -0.334 e. The van der Waals surface area contributed by atoms with Crippen LogP contribution in [0.3, 0.4) is 0 Å². The summed E-state index contributed by atoms with van der Waals surface area (Å²) in [7, 11) is 0.575. The third-order valence-electron chi connectivity index (χ3n) is 5.66. The van der Waals surface area contributed by atoms with E-state index in [0.717, 1.165) is 28.9 Å². The van der Waals surface area contributed by atoms with Gasteiger partial charge in [-0.3, -0.25) is 4.79 Å². The lowest BCUT2D eigenvalue weighted by Crippen LogP contribution is -2.36. The Hall–Kier alpha value is -2.50. The number of amides is 1. The Morgan fingerprint density at radius 1 is 1.23 bits per heavy atom. The van der Waals surface area contributed by atoms with Crippen LogP contribution < -0.4 is 0 Å². The fourth-order valence-corrected chi connectivity index (χ4v) is 4.93. The molecule has 2 unspecified atom stereocenters. The molecule has 0 spiro atoms. The first-order valence-electron chi connectivity index (χ1n) is 10.4. The van der Waals surface area contributed by atoms with E-state index in [1.165, 1.54) is 5.56 Å². The number of allylic oxidation sites excluding steroid dienone is 1. The van der Waals surface area contributed by atoms with Crippen molar-refractivity contribution in [3.63, 3.8) is 0 Å². The van der Waals surface area contributed by atoms with Crippen LogP contribution in [0.15, 0.2) is 77.7 Å². The predicted molar refractivity (Wildman–Crippen MR) is 124 cm³/mol. The maximum Gasteiger partial charge on any atom is 0.254 e. The number of hydrogen-bond donors (Lipinski definition) is 0. The SMILES string of the molecule is C=C/C(=C\CC)C(C)N(C)S(=O)c1ccc2c(c1)CN(C(=O)c1ccccc1)CC2. The second-order valence-corrected chi connectivity index (χ2v) is 9.11. The molecular formula is C25H30N2O2S. The molecule has 5 heteroatoms.